The summed E-state index contributed by atoms with van der Waals surface area (Å²) in [6.45, 7) is 1.00. The van der Waals surface area contributed by atoms with E-state index in [2.05, 4.69) is 10.1 Å². The van der Waals surface area contributed by atoms with Crippen LogP contribution in [0.25, 0.3) is 21.3 Å². The van der Waals surface area contributed by atoms with E-state index in [9.17, 15) is 9.90 Å². The molecule has 0 fully saturated rings. The summed E-state index contributed by atoms with van der Waals surface area (Å²) in [5.41, 5.74) is 9.02. The molecule has 146 valence electrons. The van der Waals surface area contributed by atoms with Gasteiger partial charge in [0, 0.05) is 24.6 Å². The number of rotatable bonds is 4. The van der Waals surface area contributed by atoms with E-state index in [1.165, 1.54) is 10.7 Å². The molecular weight excluding hydrogens is 388 g/mol. The van der Waals surface area contributed by atoms with Crippen molar-refractivity contribution in [2.75, 3.05) is 12.3 Å². The number of aromatic hydroxyl groups is 1. The molecule has 0 bridgehead atoms. The number of thiazole rings is 1. The van der Waals surface area contributed by atoms with Crippen LogP contribution >= 0.6 is 11.3 Å². The van der Waals surface area contributed by atoms with E-state index in [0.717, 1.165) is 38.6 Å². The highest BCUT2D eigenvalue weighted by atomic mass is 32.1. The average molecular weight is 406 g/mol. The van der Waals surface area contributed by atoms with E-state index in [0.29, 0.717) is 11.9 Å². The number of nitrogens with two attached hydrogens (primary N) is 1. The number of benzene rings is 1. The Labute approximate surface area is 169 Å². The van der Waals surface area contributed by atoms with Crippen molar-refractivity contribution in [1.29, 1.82) is 0 Å². The number of phenolic OH excluding ortho intramolecular Hbond substituents is 1. The highest BCUT2D eigenvalue weighted by Crippen LogP contribution is 2.31. The van der Waals surface area contributed by atoms with Crippen molar-refractivity contribution >= 4 is 44.0 Å². The number of hydrogen-bond donors (Lipinski definition) is 2. The molecule has 0 aliphatic carbocycles. The van der Waals surface area contributed by atoms with Crippen molar-refractivity contribution in [3.63, 3.8) is 0 Å². The third kappa shape index (κ3) is 2.90. The number of aliphatic imine (C=N–C) groups is 1. The molecule has 3 aromatic heterocycles. The molecule has 0 amide bonds. The highest BCUT2D eigenvalue weighted by Gasteiger charge is 2.19. The molecule has 1 aliphatic rings. The van der Waals surface area contributed by atoms with Gasteiger partial charge in [-0.1, -0.05) is 12.1 Å². The Morgan fingerprint density at radius 1 is 1.34 bits per heavy atom. The quantitative estimate of drug-likeness (QED) is 0.399. The lowest BCUT2D eigenvalue weighted by atomic mass is 10.2. The van der Waals surface area contributed by atoms with Crippen LogP contribution in [0, 0.1) is 0 Å². The number of aromatic nitrogens is 4. The standard InChI is InChI=1S/C20H18N6O2S/c1-25-17-13(18-19(25)24-16(29-18)8-12-3-2-6-22-12)9-23-26(20(17)28)10-11-4-5-15(27)14(21)7-11/h2-5,7,9,27H,6,8,10,21H2,1H3. The van der Waals surface area contributed by atoms with Crippen molar-refractivity contribution in [2.45, 2.75) is 13.0 Å². The second kappa shape index (κ2) is 6.56. The van der Waals surface area contributed by atoms with Gasteiger partial charge in [0.2, 0.25) is 0 Å². The van der Waals surface area contributed by atoms with Crippen LogP contribution in [0.1, 0.15) is 10.6 Å². The fourth-order valence-corrected chi connectivity index (χ4v) is 4.70. The third-order valence-corrected chi connectivity index (χ3v) is 6.11. The Morgan fingerprint density at radius 3 is 2.97 bits per heavy atom. The van der Waals surface area contributed by atoms with Crippen LogP contribution in [-0.4, -0.2) is 36.7 Å². The van der Waals surface area contributed by atoms with Crippen LogP contribution in [0.3, 0.4) is 0 Å². The first-order valence-corrected chi connectivity index (χ1v) is 9.94. The molecule has 1 aliphatic heterocycles. The molecule has 3 N–H and O–H groups in total. The van der Waals surface area contributed by atoms with E-state index >= 15 is 0 Å². The van der Waals surface area contributed by atoms with Gasteiger partial charge in [0.25, 0.3) is 5.56 Å². The summed E-state index contributed by atoms with van der Waals surface area (Å²) < 4.78 is 4.20. The number of nitrogen functional groups attached to an aromatic ring is 1. The number of fused-ring (bicyclic) bond motifs is 3. The lowest BCUT2D eigenvalue weighted by molar-refractivity contribution is 0.477. The average Bonchev–Trinajstić information content (AvgIpc) is 3.40. The maximum atomic E-state index is 13.1. The van der Waals surface area contributed by atoms with Gasteiger partial charge in [-0.15, -0.1) is 11.3 Å². The molecule has 5 rings (SSSR count). The fraction of sp³-hybridized carbons (Fsp3) is 0.200. The molecule has 0 saturated heterocycles. The van der Waals surface area contributed by atoms with E-state index in [1.54, 1.807) is 29.7 Å². The molecule has 9 heteroatoms. The minimum Gasteiger partial charge on any atom is -0.506 e. The Balaban J connectivity index is 1.56. The van der Waals surface area contributed by atoms with Crippen LogP contribution in [0.4, 0.5) is 5.69 Å². The lowest BCUT2D eigenvalue weighted by Crippen LogP contribution is -2.24. The third-order valence-electron chi connectivity index (χ3n) is 5.04. The summed E-state index contributed by atoms with van der Waals surface area (Å²) in [4.78, 5) is 22.2. The molecule has 0 radical (unpaired) electrons. The summed E-state index contributed by atoms with van der Waals surface area (Å²) in [6.07, 6.45) is 6.48. The molecule has 8 nitrogen and oxygen atoms in total. The van der Waals surface area contributed by atoms with Gasteiger partial charge in [-0.3, -0.25) is 9.79 Å². The summed E-state index contributed by atoms with van der Waals surface area (Å²) in [5, 5.41) is 15.7. The van der Waals surface area contributed by atoms with E-state index in [-0.39, 0.29) is 23.5 Å². The summed E-state index contributed by atoms with van der Waals surface area (Å²) >= 11 is 1.58. The van der Waals surface area contributed by atoms with Gasteiger partial charge >= 0.3 is 0 Å². The fourth-order valence-electron chi connectivity index (χ4n) is 3.58. The maximum Gasteiger partial charge on any atom is 0.291 e. The van der Waals surface area contributed by atoms with Gasteiger partial charge in [-0.25, -0.2) is 9.67 Å². The molecule has 0 unspecified atom stereocenters. The maximum absolute atomic E-state index is 13.1. The predicted octanol–water partition coefficient (Wildman–Crippen LogP) is 2.23. The van der Waals surface area contributed by atoms with Gasteiger partial charge in [-0.05, 0) is 23.8 Å². The van der Waals surface area contributed by atoms with Crippen molar-refractivity contribution < 1.29 is 5.11 Å². The molecule has 29 heavy (non-hydrogen) atoms. The topological polar surface area (TPSA) is 111 Å². The molecular formula is C20H18N6O2S. The number of allylic oxidation sites excluding steroid dienone is 1. The lowest BCUT2D eigenvalue weighted by Gasteiger charge is -2.07. The molecule has 4 heterocycles. The molecule has 4 aromatic rings. The Bertz CT molecular complexity index is 1390. The summed E-state index contributed by atoms with van der Waals surface area (Å²) in [6, 6.07) is 4.88. The first-order valence-electron chi connectivity index (χ1n) is 9.12. The first-order chi connectivity index (χ1) is 14.0. The smallest absolute Gasteiger partial charge is 0.291 e. The minimum atomic E-state index is -0.188. The van der Waals surface area contributed by atoms with Crippen molar-refractivity contribution in [3.05, 3.63) is 57.5 Å². The molecule has 1 aromatic carbocycles. The minimum absolute atomic E-state index is 0.0214. The largest absolute Gasteiger partial charge is 0.506 e. The van der Waals surface area contributed by atoms with Crippen molar-refractivity contribution in [3.8, 4) is 5.75 Å². The van der Waals surface area contributed by atoms with Crippen molar-refractivity contribution in [2.24, 2.45) is 12.0 Å². The number of nitrogens with zero attached hydrogens (tertiary/aromatic N) is 5. The van der Waals surface area contributed by atoms with Crippen LogP contribution in [-0.2, 0) is 20.0 Å². The van der Waals surface area contributed by atoms with Crippen LogP contribution in [0.2, 0.25) is 0 Å². The van der Waals surface area contributed by atoms with E-state index in [1.807, 2.05) is 23.8 Å². The molecule has 0 saturated carbocycles. The molecule has 0 spiro atoms. The van der Waals surface area contributed by atoms with Crippen molar-refractivity contribution in [1.82, 2.24) is 19.3 Å². The number of aryl methyl sites for hydroxylation is 1. The first kappa shape index (κ1) is 17.6. The van der Waals surface area contributed by atoms with Crippen LogP contribution in [0.15, 0.2) is 46.3 Å². The number of anilines is 1. The monoisotopic (exact) mass is 406 g/mol. The zero-order valence-electron chi connectivity index (χ0n) is 15.7. The van der Waals surface area contributed by atoms with Gasteiger partial charge < -0.3 is 15.4 Å². The van der Waals surface area contributed by atoms with Gasteiger partial charge in [-0.2, -0.15) is 5.10 Å². The Kier molecular flexibility index (Phi) is 3.99. The van der Waals surface area contributed by atoms with E-state index < -0.39 is 0 Å². The highest BCUT2D eigenvalue weighted by molar-refractivity contribution is 7.19. The molecule has 0 atom stereocenters. The Morgan fingerprint density at radius 2 is 2.21 bits per heavy atom. The number of hydrogen-bond acceptors (Lipinski definition) is 7. The predicted molar refractivity (Wildman–Crippen MR) is 115 cm³/mol. The SMILES string of the molecule is Cn1c2nc(CC3=NCC=C3)sc2c2cnn(Cc3ccc(O)c(N)c3)c(=O)c21. The van der Waals surface area contributed by atoms with Crippen LogP contribution in [0.5, 0.6) is 5.75 Å². The van der Waals surface area contributed by atoms with E-state index in [4.69, 9.17) is 10.7 Å². The summed E-state index contributed by atoms with van der Waals surface area (Å²) in [5.74, 6) is 0.0214. The van der Waals surface area contributed by atoms with Gasteiger partial charge in [0.1, 0.15) is 16.3 Å². The second-order valence-electron chi connectivity index (χ2n) is 6.99. The zero-order chi connectivity index (χ0) is 20.1. The second-order valence-corrected chi connectivity index (χ2v) is 8.08. The normalized spacial score (nSPS) is 13.6. The van der Waals surface area contributed by atoms with Crippen LogP contribution < -0.4 is 11.3 Å². The zero-order valence-corrected chi connectivity index (χ0v) is 16.5. The Hall–Kier alpha value is -3.46. The van der Waals surface area contributed by atoms with Gasteiger partial charge in [0.15, 0.2) is 5.65 Å². The van der Waals surface area contributed by atoms with Gasteiger partial charge in [0.05, 0.1) is 29.7 Å². The number of phenols is 1. The summed E-state index contributed by atoms with van der Waals surface area (Å²) in [7, 11) is 1.85.